The number of likely N-dealkylation sites (tertiary alicyclic amines) is 1. The Labute approximate surface area is 159 Å². The molecule has 2 atom stereocenters. The molecular weight excluding hydrogens is 377 g/mol. The summed E-state index contributed by atoms with van der Waals surface area (Å²) in [6.07, 6.45) is -4.53. The normalized spacial score (nSPS) is 23.7. The molecule has 2 aliphatic heterocycles. The van der Waals surface area contributed by atoms with Crippen molar-refractivity contribution in [2.45, 2.75) is 37.8 Å². The number of fused-ring (bicyclic) bond motifs is 1. The number of carbonyl (C=O) groups excluding carboxylic acids is 1. The number of halogens is 3. The van der Waals surface area contributed by atoms with Crippen LogP contribution in [0.5, 0.6) is 0 Å². The van der Waals surface area contributed by atoms with E-state index >= 15 is 0 Å². The number of amides is 1. The number of carbonyl (C=O) groups is 1. The number of alkyl halides is 3. The minimum absolute atomic E-state index is 0.00958. The maximum Gasteiger partial charge on any atom is 0.455 e. The first-order valence-electron chi connectivity index (χ1n) is 8.97. The Morgan fingerprint density at radius 2 is 1.93 bits per heavy atom. The van der Waals surface area contributed by atoms with Gasteiger partial charge < -0.3 is 14.2 Å². The summed E-state index contributed by atoms with van der Waals surface area (Å²) in [5.74, 6) is -1.38. The Kier molecular flexibility index (Phi) is 5.07. The van der Waals surface area contributed by atoms with Gasteiger partial charge in [-0.1, -0.05) is 35.5 Å². The number of rotatable bonds is 4. The van der Waals surface area contributed by atoms with E-state index in [1.165, 1.54) is 0 Å². The summed E-state index contributed by atoms with van der Waals surface area (Å²) in [4.78, 5) is 19.7. The lowest BCUT2D eigenvalue weighted by Gasteiger charge is -2.29. The molecule has 150 valence electrons. The number of ether oxygens (including phenoxy) is 1. The lowest BCUT2D eigenvalue weighted by atomic mass is 10.1. The van der Waals surface area contributed by atoms with Crippen molar-refractivity contribution in [1.82, 2.24) is 19.9 Å². The minimum atomic E-state index is -4.64. The molecular formula is C18H19F3N4O3. The highest BCUT2D eigenvalue weighted by Gasteiger charge is 2.42. The third-order valence-corrected chi connectivity index (χ3v) is 4.96. The smallest absolute Gasteiger partial charge is 0.374 e. The topological polar surface area (TPSA) is 71.7 Å². The third kappa shape index (κ3) is 4.02. The van der Waals surface area contributed by atoms with Gasteiger partial charge in [-0.2, -0.15) is 18.2 Å². The van der Waals surface area contributed by atoms with E-state index in [2.05, 4.69) is 10.1 Å². The molecule has 28 heavy (non-hydrogen) atoms. The van der Waals surface area contributed by atoms with Gasteiger partial charge in [0.15, 0.2) is 0 Å². The van der Waals surface area contributed by atoms with E-state index in [0.717, 1.165) is 5.56 Å². The van der Waals surface area contributed by atoms with E-state index in [-0.39, 0.29) is 30.5 Å². The van der Waals surface area contributed by atoms with Crippen LogP contribution >= 0.6 is 0 Å². The highest BCUT2D eigenvalue weighted by molar-refractivity contribution is 5.77. The zero-order valence-corrected chi connectivity index (χ0v) is 14.9. The molecule has 2 aliphatic rings. The first-order valence-corrected chi connectivity index (χ1v) is 8.97. The quantitative estimate of drug-likeness (QED) is 0.788. The number of hydrogen-bond donors (Lipinski definition) is 0. The van der Waals surface area contributed by atoms with Crippen molar-refractivity contribution in [3.63, 3.8) is 0 Å². The van der Waals surface area contributed by atoms with E-state index in [0.29, 0.717) is 32.7 Å². The van der Waals surface area contributed by atoms with E-state index in [1.807, 2.05) is 40.1 Å². The first-order chi connectivity index (χ1) is 13.4. The molecule has 2 fully saturated rings. The van der Waals surface area contributed by atoms with Gasteiger partial charge in [-0.05, 0) is 5.56 Å². The standard InChI is InChI=1S/C18H19F3N4O3/c19-18(20,21)17-22-15(28-23-17)11-24-9-13-14(10-24)27-7-6-16(26)25(13)8-12-4-2-1-3-5-12/h1-5,13-14H,6-11H2/t13-,14-/m0/s1. The van der Waals surface area contributed by atoms with Crippen LogP contribution in [0.2, 0.25) is 0 Å². The van der Waals surface area contributed by atoms with E-state index < -0.39 is 12.0 Å². The Morgan fingerprint density at radius 3 is 2.64 bits per heavy atom. The summed E-state index contributed by atoms with van der Waals surface area (Å²) >= 11 is 0. The van der Waals surface area contributed by atoms with Crippen molar-refractivity contribution in [2.24, 2.45) is 0 Å². The van der Waals surface area contributed by atoms with Crippen LogP contribution in [0.4, 0.5) is 13.2 Å². The summed E-state index contributed by atoms with van der Waals surface area (Å²) in [6, 6.07) is 9.48. The predicted octanol–water partition coefficient (Wildman–Crippen LogP) is 2.09. The van der Waals surface area contributed by atoms with Crippen molar-refractivity contribution >= 4 is 5.91 Å². The van der Waals surface area contributed by atoms with Crippen LogP contribution in [0.3, 0.4) is 0 Å². The highest BCUT2D eigenvalue weighted by Crippen LogP contribution is 2.28. The van der Waals surface area contributed by atoms with Gasteiger partial charge >= 0.3 is 6.18 Å². The van der Waals surface area contributed by atoms with Crippen molar-refractivity contribution in [1.29, 1.82) is 0 Å². The molecule has 0 aliphatic carbocycles. The maximum absolute atomic E-state index is 12.6. The van der Waals surface area contributed by atoms with E-state index in [1.54, 1.807) is 0 Å². The van der Waals surface area contributed by atoms with Gasteiger partial charge in [0.05, 0.1) is 31.7 Å². The molecule has 0 radical (unpaired) electrons. The van der Waals surface area contributed by atoms with Crippen LogP contribution in [0, 0.1) is 0 Å². The minimum Gasteiger partial charge on any atom is -0.374 e. The van der Waals surface area contributed by atoms with Gasteiger partial charge in [0.1, 0.15) is 0 Å². The SMILES string of the molecule is O=C1CCO[C@H]2CN(Cc3nc(C(F)(F)F)no3)C[C@@H]2N1Cc1ccccc1. The summed E-state index contributed by atoms with van der Waals surface area (Å²) in [5.41, 5.74) is 1.02. The van der Waals surface area contributed by atoms with Gasteiger partial charge in [0.25, 0.3) is 5.82 Å². The largest absolute Gasteiger partial charge is 0.455 e. The Balaban J connectivity index is 1.47. The van der Waals surface area contributed by atoms with Crippen LogP contribution in [0.15, 0.2) is 34.9 Å². The molecule has 0 N–H and O–H groups in total. The third-order valence-electron chi connectivity index (χ3n) is 4.96. The van der Waals surface area contributed by atoms with Crippen molar-refractivity contribution in [3.8, 4) is 0 Å². The molecule has 1 aromatic carbocycles. The van der Waals surface area contributed by atoms with Crippen molar-refractivity contribution in [2.75, 3.05) is 19.7 Å². The van der Waals surface area contributed by atoms with Gasteiger partial charge in [-0.3, -0.25) is 9.69 Å². The fraction of sp³-hybridized carbons (Fsp3) is 0.500. The molecule has 2 saturated heterocycles. The summed E-state index contributed by atoms with van der Waals surface area (Å²) in [7, 11) is 0. The van der Waals surface area contributed by atoms with Crippen LogP contribution < -0.4 is 0 Å². The van der Waals surface area contributed by atoms with Crippen LogP contribution in [-0.4, -0.2) is 57.7 Å². The average Bonchev–Trinajstić information content (AvgIpc) is 3.25. The average molecular weight is 396 g/mol. The van der Waals surface area contributed by atoms with E-state index in [9.17, 15) is 18.0 Å². The van der Waals surface area contributed by atoms with Gasteiger partial charge in [-0.25, -0.2) is 0 Å². The van der Waals surface area contributed by atoms with Crippen molar-refractivity contribution < 1.29 is 27.2 Å². The molecule has 10 heteroatoms. The lowest BCUT2D eigenvalue weighted by Crippen LogP contribution is -2.45. The second-order valence-corrected chi connectivity index (χ2v) is 6.94. The fourth-order valence-corrected chi connectivity index (χ4v) is 3.66. The summed E-state index contributed by atoms with van der Waals surface area (Å²) in [6.45, 7) is 1.82. The zero-order chi connectivity index (χ0) is 19.7. The molecule has 0 bridgehead atoms. The second-order valence-electron chi connectivity index (χ2n) is 6.94. The van der Waals surface area contributed by atoms with Crippen LogP contribution in [0.25, 0.3) is 0 Å². The number of hydrogen-bond acceptors (Lipinski definition) is 6. The molecule has 1 aromatic heterocycles. The first kappa shape index (κ1) is 18.9. The molecule has 0 unspecified atom stereocenters. The second kappa shape index (κ2) is 7.51. The Bertz CT molecular complexity index is 827. The van der Waals surface area contributed by atoms with Gasteiger partial charge in [0, 0.05) is 19.6 Å². The molecule has 7 nitrogen and oxygen atoms in total. The summed E-state index contributed by atoms with van der Waals surface area (Å²) in [5, 5.41) is 2.98. The summed E-state index contributed by atoms with van der Waals surface area (Å²) < 4.78 is 48.5. The predicted molar refractivity (Wildman–Crippen MR) is 89.7 cm³/mol. The fourth-order valence-electron chi connectivity index (χ4n) is 3.66. The van der Waals surface area contributed by atoms with Crippen LogP contribution in [0.1, 0.15) is 23.7 Å². The monoisotopic (exact) mass is 396 g/mol. The lowest BCUT2D eigenvalue weighted by molar-refractivity contribution is -0.146. The highest BCUT2D eigenvalue weighted by atomic mass is 19.4. The van der Waals surface area contributed by atoms with Gasteiger partial charge in [-0.15, -0.1) is 0 Å². The zero-order valence-electron chi connectivity index (χ0n) is 14.9. The molecule has 0 spiro atoms. The Morgan fingerprint density at radius 1 is 1.14 bits per heavy atom. The van der Waals surface area contributed by atoms with E-state index in [4.69, 9.17) is 9.26 Å². The number of benzene rings is 1. The molecule has 0 saturated carbocycles. The van der Waals surface area contributed by atoms with Crippen molar-refractivity contribution in [3.05, 3.63) is 47.6 Å². The van der Waals surface area contributed by atoms with Crippen LogP contribution in [-0.2, 0) is 28.8 Å². The number of aromatic nitrogens is 2. The molecule has 3 heterocycles. The van der Waals surface area contributed by atoms with Gasteiger partial charge in [0.2, 0.25) is 11.8 Å². The Hall–Kier alpha value is -2.46. The maximum atomic E-state index is 12.6. The number of nitrogens with zero attached hydrogens (tertiary/aromatic N) is 4. The molecule has 4 rings (SSSR count). The molecule has 1 amide bonds. The molecule has 2 aromatic rings.